The van der Waals surface area contributed by atoms with Gasteiger partial charge in [-0.25, -0.2) is 12.7 Å². The zero-order valence-corrected chi connectivity index (χ0v) is 11.3. The van der Waals surface area contributed by atoms with Crippen molar-refractivity contribution in [2.24, 2.45) is 11.8 Å². The van der Waals surface area contributed by atoms with Gasteiger partial charge in [0, 0.05) is 13.6 Å². The predicted molar refractivity (Wildman–Crippen MR) is 68.2 cm³/mol. The zero-order chi connectivity index (χ0) is 13.3. The molecule has 0 heterocycles. The summed E-state index contributed by atoms with van der Waals surface area (Å²) < 4.78 is 25.9. The molecule has 0 spiro atoms. The monoisotopic (exact) mass is 264 g/mol. The Morgan fingerprint density at radius 3 is 2.39 bits per heavy atom. The van der Waals surface area contributed by atoms with E-state index in [0.717, 1.165) is 6.42 Å². The van der Waals surface area contributed by atoms with E-state index in [4.69, 9.17) is 5.26 Å². The van der Waals surface area contributed by atoms with Gasteiger partial charge in [0.25, 0.3) is 0 Å². The molecule has 1 aliphatic rings. The van der Waals surface area contributed by atoms with Crippen molar-refractivity contribution in [1.29, 1.82) is 5.26 Å². The molecule has 18 heavy (non-hydrogen) atoms. The molecule has 1 fully saturated rings. The smallest absolute Gasteiger partial charge is 0.207 e. The summed E-state index contributed by atoms with van der Waals surface area (Å²) in [6.45, 7) is 2.70. The maximum Gasteiger partial charge on any atom is 0.242 e. The molecule has 2 atom stereocenters. The predicted octanol–water partition coefficient (Wildman–Crippen LogP) is 1.83. The first kappa shape index (κ1) is 13.1. The lowest BCUT2D eigenvalue weighted by Gasteiger charge is -2.17. The Morgan fingerprint density at radius 2 is 1.94 bits per heavy atom. The normalized spacial score (nSPS) is 22.8. The third-order valence-electron chi connectivity index (χ3n) is 3.46. The maximum atomic E-state index is 12.2. The molecule has 1 aromatic rings. The van der Waals surface area contributed by atoms with Gasteiger partial charge >= 0.3 is 0 Å². The number of rotatable bonds is 4. The number of nitrogens with zero attached hydrogens (tertiary/aromatic N) is 2. The van der Waals surface area contributed by atoms with E-state index >= 15 is 0 Å². The lowest BCUT2D eigenvalue weighted by molar-refractivity contribution is 0.444. The van der Waals surface area contributed by atoms with Gasteiger partial charge in [0.2, 0.25) is 10.0 Å². The zero-order valence-electron chi connectivity index (χ0n) is 10.5. The highest BCUT2D eigenvalue weighted by Crippen LogP contribution is 2.38. The lowest BCUT2D eigenvalue weighted by atomic mass is 10.2. The summed E-state index contributed by atoms with van der Waals surface area (Å²) in [6.07, 6.45) is 1.10. The molecule has 0 radical (unpaired) electrons. The van der Waals surface area contributed by atoms with Gasteiger partial charge in [0.1, 0.15) is 0 Å². The standard InChI is InChI=1S/C13H16N2O2S/c1-10-7-12(10)9-15(2)18(16,17)13-5-3-11(8-14)4-6-13/h3-6,10,12H,7,9H2,1-2H3. The van der Waals surface area contributed by atoms with Crippen LogP contribution >= 0.6 is 0 Å². The summed E-state index contributed by atoms with van der Waals surface area (Å²) in [6, 6.07) is 8.00. The third-order valence-corrected chi connectivity index (χ3v) is 5.30. The van der Waals surface area contributed by atoms with Gasteiger partial charge in [0.05, 0.1) is 16.5 Å². The van der Waals surface area contributed by atoms with Crippen molar-refractivity contribution in [2.75, 3.05) is 13.6 Å². The molecular weight excluding hydrogens is 248 g/mol. The number of nitriles is 1. The molecule has 1 saturated carbocycles. The van der Waals surface area contributed by atoms with Crippen LogP contribution in [0.2, 0.25) is 0 Å². The SMILES string of the molecule is CC1CC1CN(C)S(=O)(=O)c1ccc(C#N)cc1. The first-order valence-electron chi connectivity index (χ1n) is 5.91. The van der Waals surface area contributed by atoms with E-state index in [9.17, 15) is 8.42 Å². The van der Waals surface area contributed by atoms with Gasteiger partial charge in [-0.1, -0.05) is 6.92 Å². The summed E-state index contributed by atoms with van der Waals surface area (Å²) in [5, 5.41) is 8.69. The molecule has 4 nitrogen and oxygen atoms in total. The number of benzene rings is 1. The molecule has 0 amide bonds. The van der Waals surface area contributed by atoms with Gasteiger partial charge in [-0.15, -0.1) is 0 Å². The first-order chi connectivity index (χ1) is 8.45. The highest BCUT2D eigenvalue weighted by Gasteiger charge is 2.36. The van der Waals surface area contributed by atoms with Crippen LogP contribution in [0, 0.1) is 23.2 Å². The van der Waals surface area contributed by atoms with E-state index in [1.807, 2.05) is 6.07 Å². The van der Waals surface area contributed by atoms with Crippen LogP contribution in [0.1, 0.15) is 18.9 Å². The van der Waals surface area contributed by atoms with Gasteiger partial charge in [0.15, 0.2) is 0 Å². The van der Waals surface area contributed by atoms with E-state index in [1.165, 1.54) is 28.6 Å². The molecule has 2 rings (SSSR count). The van der Waals surface area contributed by atoms with Crippen LogP contribution in [0.25, 0.3) is 0 Å². The Morgan fingerprint density at radius 1 is 1.39 bits per heavy atom. The number of hydrogen-bond donors (Lipinski definition) is 0. The average Bonchev–Trinajstić information content (AvgIpc) is 3.05. The quantitative estimate of drug-likeness (QED) is 0.833. The first-order valence-corrected chi connectivity index (χ1v) is 7.35. The van der Waals surface area contributed by atoms with Crippen molar-refractivity contribution in [2.45, 2.75) is 18.2 Å². The lowest BCUT2D eigenvalue weighted by Crippen LogP contribution is -2.29. The van der Waals surface area contributed by atoms with Crippen molar-refractivity contribution in [1.82, 2.24) is 4.31 Å². The Kier molecular flexibility index (Phi) is 3.42. The Hall–Kier alpha value is -1.38. The van der Waals surface area contributed by atoms with E-state index in [0.29, 0.717) is 23.9 Å². The largest absolute Gasteiger partial charge is 0.242 e. The fourth-order valence-corrected chi connectivity index (χ4v) is 3.19. The minimum Gasteiger partial charge on any atom is -0.207 e. The molecule has 0 saturated heterocycles. The van der Waals surface area contributed by atoms with E-state index < -0.39 is 10.0 Å². The fourth-order valence-electron chi connectivity index (χ4n) is 1.96. The fraction of sp³-hybridized carbons (Fsp3) is 0.462. The molecule has 0 N–H and O–H groups in total. The molecule has 1 aromatic carbocycles. The molecule has 0 aromatic heterocycles. The summed E-state index contributed by atoms with van der Waals surface area (Å²) in [5.74, 6) is 1.12. The highest BCUT2D eigenvalue weighted by molar-refractivity contribution is 7.89. The second-order valence-corrected chi connectivity index (χ2v) is 6.94. The Labute approximate surface area is 108 Å². The Bertz CT molecular complexity index is 572. The van der Waals surface area contributed by atoms with Crippen LogP contribution in [-0.2, 0) is 10.0 Å². The van der Waals surface area contributed by atoms with Gasteiger partial charge in [-0.05, 0) is 42.5 Å². The minimum atomic E-state index is -3.42. The summed E-state index contributed by atoms with van der Waals surface area (Å²) >= 11 is 0. The number of sulfonamides is 1. The van der Waals surface area contributed by atoms with Crippen molar-refractivity contribution < 1.29 is 8.42 Å². The molecule has 0 bridgehead atoms. The van der Waals surface area contributed by atoms with Crippen LogP contribution < -0.4 is 0 Å². The summed E-state index contributed by atoms with van der Waals surface area (Å²) in [4.78, 5) is 0.248. The molecular formula is C13H16N2O2S. The number of hydrogen-bond acceptors (Lipinski definition) is 3. The van der Waals surface area contributed by atoms with Gasteiger partial charge in [-0.3, -0.25) is 0 Å². The minimum absolute atomic E-state index is 0.248. The summed E-state index contributed by atoms with van der Waals surface area (Å²) in [7, 11) is -1.81. The average molecular weight is 264 g/mol. The van der Waals surface area contributed by atoms with E-state index in [1.54, 1.807) is 7.05 Å². The third kappa shape index (κ3) is 2.55. The summed E-state index contributed by atoms with van der Waals surface area (Å²) in [5.41, 5.74) is 0.465. The topological polar surface area (TPSA) is 61.2 Å². The molecule has 5 heteroatoms. The van der Waals surface area contributed by atoms with E-state index in [-0.39, 0.29) is 4.90 Å². The van der Waals surface area contributed by atoms with Crippen LogP contribution in [0.3, 0.4) is 0 Å². The molecule has 2 unspecified atom stereocenters. The van der Waals surface area contributed by atoms with E-state index in [2.05, 4.69) is 6.92 Å². The van der Waals surface area contributed by atoms with Crippen LogP contribution in [-0.4, -0.2) is 26.3 Å². The van der Waals surface area contributed by atoms with Gasteiger partial charge < -0.3 is 0 Å². The van der Waals surface area contributed by atoms with Crippen molar-refractivity contribution in [3.63, 3.8) is 0 Å². The van der Waals surface area contributed by atoms with Crippen molar-refractivity contribution >= 4 is 10.0 Å². The van der Waals surface area contributed by atoms with Gasteiger partial charge in [-0.2, -0.15) is 5.26 Å². The maximum absolute atomic E-state index is 12.2. The molecule has 0 aliphatic heterocycles. The molecule has 96 valence electrons. The second kappa shape index (κ2) is 4.71. The van der Waals surface area contributed by atoms with Crippen molar-refractivity contribution in [3.05, 3.63) is 29.8 Å². The van der Waals surface area contributed by atoms with Crippen LogP contribution in [0.5, 0.6) is 0 Å². The van der Waals surface area contributed by atoms with Crippen LogP contribution in [0.15, 0.2) is 29.2 Å². The second-order valence-electron chi connectivity index (χ2n) is 4.89. The van der Waals surface area contributed by atoms with Crippen LogP contribution in [0.4, 0.5) is 0 Å². The molecule has 1 aliphatic carbocycles. The Balaban J connectivity index is 2.16. The highest BCUT2D eigenvalue weighted by atomic mass is 32.2. The van der Waals surface area contributed by atoms with Crippen molar-refractivity contribution in [3.8, 4) is 6.07 Å².